The smallest absolute Gasteiger partial charge is 0.341 e. The summed E-state index contributed by atoms with van der Waals surface area (Å²) < 4.78 is 1.66. The number of pyridine rings is 1. The number of aromatic nitrogens is 3. The minimum atomic E-state index is -1.25. The summed E-state index contributed by atoms with van der Waals surface area (Å²) >= 11 is 5.25. The molecule has 0 atom stereocenters. The van der Waals surface area contributed by atoms with Crippen molar-refractivity contribution < 1.29 is 9.90 Å². The molecule has 1 fully saturated rings. The molecule has 1 saturated heterocycles. The molecule has 2 aromatic heterocycles. The van der Waals surface area contributed by atoms with E-state index in [1.165, 1.54) is 12.4 Å². The third kappa shape index (κ3) is 3.19. The SMILES string of the molecule is CCn1cc(C(=O)O)c(=O)c2cnc(N3CCN(C(=S)NC)CC3)nc21. The highest BCUT2D eigenvalue weighted by Crippen LogP contribution is 2.16. The van der Waals surface area contributed by atoms with Crippen molar-refractivity contribution in [2.45, 2.75) is 13.5 Å². The monoisotopic (exact) mass is 376 g/mol. The van der Waals surface area contributed by atoms with Crippen LogP contribution in [0.3, 0.4) is 0 Å². The van der Waals surface area contributed by atoms with Gasteiger partial charge in [0, 0.05) is 52.2 Å². The van der Waals surface area contributed by atoms with Gasteiger partial charge in [0.05, 0.1) is 5.39 Å². The zero-order valence-corrected chi connectivity index (χ0v) is 15.4. The fourth-order valence-corrected chi connectivity index (χ4v) is 3.16. The topological polar surface area (TPSA) is 104 Å². The van der Waals surface area contributed by atoms with Crippen LogP contribution in [-0.2, 0) is 6.54 Å². The summed E-state index contributed by atoms with van der Waals surface area (Å²) in [6, 6.07) is 0. The standard InChI is InChI=1S/C16H20N6O3S/c1-3-20-9-11(14(24)25)12(23)10-8-18-15(19-13(10)20)21-4-6-22(7-5-21)16(26)17-2/h8-9H,3-7H2,1-2H3,(H,17,26)(H,24,25). The van der Waals surface area contributed by atoms with Crippen molar-refractivity contribution >= 4 is 40.3 Å². The Morgan fingerprint density at radius 2 is 2.04 bits per heavy atom. The van der Waals surface area contributed by atoms with Gasteiger partial charge in [-0.25, -0.2) is 9.78 Å². The number of rotatable bonds is 3. The second-order valence-electron chi connectivity index (χ2n) is 5.90. The molecule has 2 N–H and O–H groups in total. The minimum absolute atomic E-state index is 0.213. The number of carboxylic acids is 1. The number of aryl methyl sites for hydroxylation is 1. The normalized spacial score (nSPS) is 14.5. The Hall–Kier alpha value is -2.75. The Morgan fingerprint density at radius 1 is 1.35 bits per heavy atom. The molecule has 0 radical (unpaired) electrons. The first kappa shape index (κ1) is 18.1. The molecule has 138 valence electrons. The molecular formula is C16H20N6O3S. The number of nitrogens with zero attached hydrogens (tertiary/aromatic N) is 5. The molecule has 10 heteroatoms. The maximum absolute atomic E-state index is 12.4. The second-order valence-corrected chi connectivity index (χ2v) is 6.29. The van der Waals surface area contributed by atoms with Crippen LogP contribution in [0.15, 0.2) is 17.2 Å². The summed E-state index contributed by atoms with van der Waals surface area (Å²) in [4.78, 5) is 36.6. The van der Waals surface area contributed by atoms with Crippen molar-refractivity contribution in [3.63, 3.8) is 0 Å². The van der Waals surface area contributed by atoms with E-state index in [0.717, 1.165) is 13.1 Å². The molecule has 3 rings (SSSR count). The lowest BCUT2D eigenvalue weighted by Crippen LogP contribution is -2.51. The molecule has 9 nitrogen and oxygen atoms in total. The van der Waals surface area contributed by atoms with E-state index in [1.807, 2.05) is 11.8 Å². The van der Waals surface area contributed by atoms with Crippen molar-refractivity contribution in [3.8, 4) is 0 Å². The van der Waals surface area contributed by atoms with E-state index in [2.05, 4.69) is 20.2 Å². The van der Waals surface area contributed by atoms with Gasteiger partial charge in [-0.2, -0.15) is 4.98 Å². The molecular weight excluding hydrogens is 356 g/mol. The summed E-state index contributed by atoms with van der Waals surface area (Å²) in [7, 11) is 1.80. The van der Waals surface area contributed by atoms with Crippen molar-refractivity contribution in [2.75, 3.05) is 38.1 Å². The average Bonchev–Trinajstić information content (AvgIpc) is 2.67. The lowest BCUT2D eigenvalue weighted by atomic mass is 10.2. The number of carboxylic acid groups (broad SMARTS) is 1. The Bertz CT molecular complexity index is 920. The van der Waals surface area contributed by atoms with Gasteiger partial charge in [0.2, 0.25) is 11.4 Å². The van der Waals surface area contributed by atoms with Gasteiger partial charge in [-0.15, -0.1) is 0 Å². The predicted molar refractivity (Wildman–Crippen MR) is 102 cm³/mol. The first-order chi connectivity index (χ1) is 12.5. The number of nitrogens with one attached hydrogen (secondary N) is 1. The molecule has 0 unspecified atom stereocenters. The van der Waals surface area contributed by atoms with Gasteiger partial charge in [0.25, 0.3) is 0 Å². The highest BCUT2D eigenvalue weighted by atomic mass is 32.1. The predicted octanol–water partition coefficient (Wildman–Crippen LogP) is 0.136. The summed E-state index contributed by atoms with van der Waals surface area (Å²) in [5, 5.41) is 13.1. The quantitative estimate of drug-likeness (QED) is 0.724. The number of hydrogen-bond acceptors (Lipinski definition) is 6. The lowest BCUT2D eigenvalue weighted by molar-refractivity contribution is 0.0695. The van der Waals surface area contributed by atoms with E-state index in [0.29, 0.717) is 36.3 Å². The van der Waals surface area contributed by atoms with E-state index >= 15 is 0 Å². The summed E-state index contributed by atoms with van der Waals surface area (Å²) in [5.41, 5.74) is -0.390. The highest BCUT2D eigenvalue weighted by Gasteiger charge is 2.22. The van der Waals surface area contributed by atoms with Gasteiger partial charge < -0.3 is 24.8 Å². The average molecular weight is 376 g/mol. The van der Waals surface area contributed by atoms with Gasteiger partial charge in [0.15, 0.2) is 5.11 Å². The van der Waals surface area contributed by atoms with Crippen molar-refractivity contribution in [3.05, 3.63) is 28.2 Å². The van der Waals surface area contributed by atoms with Crippen LogP contribution in [0, 0.1) is 0 Å². The molecule has 3 heterocycles. The maximum atomic E-state index is 12.4. The third-order valence-electron chi connectivity index (χ3n) is 4.44. The van der Waals surface area contributed by atoms with Gasteiger partial charge in [-0.3, -0.25) is 4.79 Å². The van der Waals surface area contributed by atoms with Crippen molar-refractivity contribution in [1.82, 2.24) is 24.8 Å². The van der Waals surface area contributed by atoms with Crippen molar-refractivity contribution in [2.24, 2.45) is 0 Å². The van der Waals surface area contributed by atoms with Crippen LogP contribution in [0.1, 0.15) is 17.3 Å². The number of fused-ring (bicyclic) bond motifs is 1. The number of piperazine rings is 1. The van der Waals surface area contributed by atoms with Gasteiger partial charge >= 0.3 is 5.97 Å². The van der Waals surface area contributed by atoms with Crippen molar-refractivity contribution in [1.29, 1.82) is 0 Å². The third-order valence-corrected chi connectivity index (χ3v) is 4.90. The second kappa shape index (κ2) is 7.24. The van der Waals surface area contributed by atoms with E-state index < -0.39 is 11.4 Å². The summed E-state index contributed by atoms with van der Waals surface area (Å²) in [6.45, 7) is 5.28. The van der Waals surface area contributed by atoms with E-state index in [9.17, 15) is 14.7 Å². The molecule has 1 aliphatic heterocycles. The molecule has 2 aromatic rings. The summed E-state index contributed by atoms with van der Waals surface area (Å²) in [6.07, 6.45) is 2.76. The zero-order chi connectivity index (χ0) is 18.8. The molecule has 0 aromatic carbocycles. The Kier molecular flexibility index (Phi) is 5.03. The molecule has 0 saturated carbocycles. The molecule has 0 bridgehead atoms. The molecule has 26 heavy (non-hydrogen) atoms. The Morgan fingerprint density at radius 3 is 2.62 bits per heavy atom. The fraction of sp³-hybridized carbons (Fsp3) is 0.438. The zero-order valence-electron chi connectivity index (χ0n) is 14.6. The van der Waals surface area contributed by atoms with Crippen LogP contribution < -0.4 is 15.6 Å². The first-order valence-electron chi connectivity index (χ1n) is 8.31. The van der Waals surface area contributed by atoms with E-state index in [1.54, 1.807) is 11.6 Å². The number of anilines is 1. The highest BCUT2D eigenvalue weighted by molar-refractivity contribution is 7.80. The van der Waals surface area contributed by atoms with Gasteiger partial charge in [0.1, 0.15) is 11.2 Å². The van der Waals surface area contributed by atoms with E-state index in [-0.39, 0.29) is 10.9 Å². The van der Waals surface area contributed by atoms with Crippen LogP contribution >= 0.6 is 12.2 Å². The number of carbonyl (C=O) groups is 1. The molecule has 0 spiro atoms. The fourth-order valence-electron chi connectivity index (χ4n) is 2.98. The van der Waals surface area contributed by atoms with Gasteiger partial charge in [-0.1, -0.05) is 0 Å². The minimum Gasteiger partial charge on any atom is -0.477 e. The van der Waals surface area contributed by atoms with Crippen LogP contribution in [0.25, 0.3) is 11.0 Å². The van der Waals surface area contributed by atoms with Gasteiger partial charge in [-0.05, 0) is 19.1 Å². The number of hydrogen-bond donors (Lipinski definition) is 2. The lowest BCUT2D eigenvalue weighted by Gasteiger charge is -2.35. The number of thiocarbonyl (C=S) groups is 1. The van der Waals surface area contributed by atoms with Crippen LogP contribution in [0.4, 0.5) is 5.95 Å². The summed E-state index contributed by atoms with van der Waals surface area (Å²) in [5.74, 6) is -0.725. The van der Waals surface area contributed by atoms with Crippen LogP contribution in [0.5, 0.6) is 0 Å². The first-order valence-corrected chi connectivity index (χ1v) is 8.72. The van der Waals surface area contributed by atoms with Crippen LogP contribution in [-0.4, -0.2) is 68.8 Å². The van der Waals surface area contributed by atoms with E-state index in [4.69, 9.17) is 12.2 Å². The Labute approximate surface area is 155 Å². The largest absolute Gasteiger partial charge is 0.477 e. The van der Waals surface area contributed by atoms with Crippen LogP contribution in [0.2, 0.25) is 0 Å². The molecule has 0 aliphatic carbocycles. The Balaban J connectivity index is 1.95. The maximum Gasteiger partial charge on any atom is 0.341 e. The number of aromatic carboxylic acids is 1. The molecule has 0 amide bonds. The molecule has 1 aliphatic rings.